The Labute approximate surface area is 150 Å². The Hall–Kier alpha value is -0.905. The molecular formula is C20H30BFO3. The van der Waals surface area contributed by atoms with Crippen molar-refractivity contribution in [2.24, 2.45) is 17.8 Å². The maximum atomic E-state index is 13.7. The van der Waals surface area contributed by atoms with Gasteiger partial charge in [0.15, 0.2) is 0 Å². The van der Waals surface area contributed by atoms with Crippen LogP contribution in [0.2, 0.25) is 0 Å². The molecule has 1 saturated carbocycles. The van der Waals surface area contributed by atoms with Crippen LogP contribution in [0.4, 0.5) is 4.39 Å². The highest BCUT2D eigenvalue weighted by Gasteiger charge is 2.33. The van der Waals surface area contributed by atoms with Gasteiger partial charge in [-0.25, -0.2) is 4.39 Å². The third-order valence-corrected chi connectivity index (χ3v) is 6.25. The number of ether oxygens (including phenoxy) is 1. The first-order valence-electron chi connectivity index (χ1n) is 9.85. The van der Waals surface area contributed by atoms with Crippen molar-refractivity contribution in [1.29, 1.82) is 0 Å². The van der Waals surface area contributed by atoms with Crippen LogP contribution in [0, 0.1) is 23.6 Å². The van der Waals surface area contributed by atoms with Gasteiger partial charge in [0.2, 0.25) is 0 Å². The van der Waals surface area contributed by atoms with Crippen molar-refractivity contribution in [3.05, 3.63) is 29.6 Å². The fraction of sp³-hybridized carbons (Fsp3) is 0.700. The molecule has 2 N–H and O–H groups in total. The molecule has 2 atom stereocenters. The Morgan fingerprint density at radius 1 is 1.12 bits per heavy atom. The molecule has 1 aromatic carbocycles. The second-order valence-electron chi connectivity index (χ2n) is 7.87. The maximum absolute atomic E-state index is 13.7. The van der Waals surface area contributed by atoms with E-state index < -0.39 is 12.9 Å². The predicted molar refractivity (Wildman–Crippen MR) is 98.0 cm³/mol. The number of halogens is 1. The van der Waals surface area contributed by atoms with Gasteiger partial charge in [0, 0.05) is 12.1 Å². The minimum absolute atomic E-state index is 0.0646. The summed E-state index contributed by atoms with van der Waals surface area (Å²) in [7, 11) is -1.78. The van der Waals surface area contributed by atoms with Crippen molar-refractivity contribution >= 4 is 12.6 Å². The van der Waals surface area contributed by atoms with E-state index >= 15 is 0 Å². The summed E-state index contributed by atoms with van der Waals surface area (Å²) in [5, 5.41) is 18.7. The van der Waals surface area contributed by atoms with Crippen LogP contribution in [-0.4, -0.2) is 23.8 Å². The van der Waals surface area contributed by atoms with Gasteiger partial charge in [0.25, 0.3) is 0 Å². The van der Waals surface area contributed by atoms with E-state index in [1.54, 1.807) is 12.1 Å². The van der Waals surface area contributed by atoms with Crippen molar-refractivity contribution in [3.8, 4) is 0 Å². The average molecular weight is 348 g/mol. The van der Waals surface area contributed by atoms with E-state index in [9.17, 15) is 14.4 Å². The fourth-order valence-electron chi connectivity index (χ4n) is 4.80. The lowest BCUT2D eigenvalue weighted by Gasteiger charge is -2.38. The van der Waals surface area contributed by atoms with Gasteiger partial charge in [-0.1, -0.05) is 44.7 Å². The molecule has 2 aliphatic rings. The highest BCUT2D eigenvalue weighted by atomic mass is 19.1. The lowest BCUT2D eigenvalue weighted by atomic mass is 9.71. The van der Waals surface area contributed by atoms with Gasteiger partial charge in [-0.2, -0.15) is 0 Å². The second kappa shape index (κ2) is 8.65. The van der Waals surface area contributed by atoms with Gasteiger partial charge < -0.3 is 14.8 Å². The summed E-state index contributed by atoms with van der Waals surface area (Å²) in [4.78, 5) is 0. The topological polar surface area (TPSA) is 49.7 Å². The third kappa shape index (κ3) is 4.63. The average Bonchev–Trinajstić information content (AvgIpc) is 2.63. The molecule has 3 rings (SSSR count). The fourth-order valence-corrected chi connectivity index (χ4v) is 4.80. The Kier molecular flexibility index (Phi) is 6.53. The largest absolute Gasteiger partial charge is 0.491 e. The van der Waals surface area contributed by atoms with E-state index in [0.717, 1.165) is 36.8 Å². The van der Waals surface area contributed by atoms with Crippen LogP contribution in [0.1, 0.15) is 70.0 Å². The van der Waals surface area contributed by atoms with Crippen LogP contribution >= 0.6 is 0 Å². The molecule has 1 saturated heterocycles. The predicted octanol–water partition coefficient (Wildman–Crippen LogP) is 3.58. The Bertz CT molecular complexity index is 558. The summed E-state index contributed by atoms with van der Waals surface area (Å²) in [6.45, 7) is 3.01. The first kappa shape index (κ1) is 18.9. The Balaban J connectivity index is 1.63. The van der Waals surface area contributed by atoms with Gasteiger partial charge in [0.1, 0.15) is 5.82 Å². The quantitative estimate of drug-likeness (QED) is 0.800. The molecular weight excluding hydrogens is 318 g/mol. The Morgan fingerprint density at radius 3 is 2.56 bits per heavy atom. The second-order valence-corrected chi connectivity index (χ2v) is 7.87. The SMILES string of the molecule is CCCC1CCC(C2CCOC(c3ccc(F)c(B(O)O)c3)C2)CC1. The monoisotopic (exact) mass is 348 g/mol. The van der Waals surface area contributed by atoms with E-state index in [4.69, 9.17) is 4.74 Å². The summed E-state index contributed by atoms with van der Waals surface area (Å²) >= 11 is 0. The van der Waals surface area contributed by atoms with Crippen LogP contribution in [0.3, 0.4) is 0 Å². The molecule has 5 heteroatoms. The minimum Gasteiger partial charge on any atom is -0.423 e. The van der Waals surface area contributed by atoms with Crippen LogP contribution in [0.25, 0.3) is 0 Å². The van der Waals surface area contributed by atoms with Gasteiger partial charge in [-0.3, -0.25) is 0 Å². The highest BCUT2D eigenvalue weighted by molar-refractivity contribution is 6.58. The standard InChI is InChI=1S/C20H30BFO3/c1-2-3-14-4-6-15(7-5-14)16-10-11-25-20(13-16)17-8-9-19(22)18(12-17)21(23)24/h8-9,12,14-16,20,23-24H,2-7,10-11,13H2,1H3. The molecule has 1 aliphatic carbocycles. The lowest BCUT2D eigenvalue weighted by molar-refractivity contribution is -0.0302. The maximum Gasteiger partial charge on any atom is 0.491 e. The van der Waals surface area contributed by atoms with Gasteiger partial charge in [0.05, 0.1) is 6.10 Å². The van der Waals surface area contributed by atoms with Crippen molar-refractivity contribution in [2.45, 2.75) is 64.4 Å². The molecule has 1 heterocycles. The molecule has 1 aromatic rings. The molecule has 0 spiro atoms. The molecule has 138 valence electrons. The molecule has 0 amide bonds. The van der Waals surface area contributed by atoms with E-state index in [-0.39, 0.29) is 11.6 Å². The number of hydrogen-bond acceptors (Lipinski definition) is 3. The van der Waals surface area contributed by atoms with Crippen LogP contribution in [0.5, 0.6) is 0 Å². The molecule has 3 nitrogen and oxygen atoms in total. The van der Waals surface area contributed by atoms with Crippen molar-refractivity contribution in [3.63, 3.8) is 0 Å². The van der Waals surface area contributed by atoms with Crippen LogP contribution in [-0.2, 0) is 4.74 Å². The molecule has 25 heavy (non-hydrogen) atoms. The first-order chi connectivity index (χ1) is 12.1. The molecule has 2 unspecified atom stereocenters. The van der Waals surface area contributed by atoms with E-state index in [0.29, 0.717) is 5.92 Å². The smallest absolute Gasteiger partial charge is 0.423 e. The zero-order valence-electron chi connectivity index (χ0n) is 15.2. The van der Waals surface area contributed by atoms with Crippen molar-refractivity contribution in [1.82, 2.24) is 0 Å². The van der Waals surface area contributed by atoms with Gasteiger partial charge in [-0.05, 0) is 55.1 Å². The molecule has 2 fully saturated rings. The molecule has 1 aliphatic heterocycles. The van der Waals surface area contributed by atoms with Gasteiger partial charge in [-0.15, -0.1) is 0 Å². The van der Waals surface area contributed by atoms with E-state index in [2.05, 4.69) is 6.92 Å². The normalized spacial score (nSPS) is 30.2. The molecule has 0 aromatic heterocycles. The van der Waals surface area contributed by atoms with E-state index in [1.165, 1.54) is 44.6 Å². The van der Waals surface area contributed by atoms with Crippen LogP contribution in [0.15, 0.2) is 18.2 Å². The summed E-state index contributed by atoms with van der Waals surface area (Å²) in [5.74, 6) is 1.78. The lowest BCUT2D eigenvalue weighted by Crippen LogP contribution is -2.34. The zero-order chi connectivity index (χ0) is 17.8. The zero-order valence-corrected chi connectivity index (χ0v) is 15.2. The Morgan fingerprint density at radius 2 is 1.88 bits per heavy atom. The first-order valence-corrected chi connectivity index (χ1v) is 9.85. The van der Waals surface area contributed by atoms with Crippen molar-refractivity contribution < 1.29 is 19.2 Å². The summed E-state index contributed by atoms with van der Waals surface area (Å²) in [6, 6.07) is 4.57. The summed E-state index contributed by atoms with van der Waals surface area (Å²) in [6.07, 6.45) is 10.0. The number of hydrogen-bond donors (Lipinski definition) is 2. The minimum atomic E-state index is -1.78. The highest BCUT2D eigenvalue weighted by Crippen LogP contribution is 2.42. The van der Waals surface area contributed by atoms with Crippen molar-refractivity contribution in [2.75, 3.05) is 6.61 Å². The summed E-state index contributed by atoms with van der Waals surface area (Å²) < 4.78 is 19.6. The van der Waals surface area contributed by atoms with Gasteiger partial charge >= 0.3 is 7.12 Å². The number of benzene rings is 1. The molecule has 0 bridgehead atoms. The summed E-state index contributed by atoms with van der Waals surface area (Å²) in [5.41, 5.74) is 0.789. The molecule has 0 radical (unpaired) electrons. The number of rotatable bonds is 5. The third-order valence-electron chi connectivity index (χ3n) is 6.25. The van der Waals surface area contributed by atoms with E-state index in [1.807, 2.05) is 0 Å². The van der Waals surface area contributed by atoms with Crippen LogP contribution < -0.4 is 5.46 Å².